The molecule has 13 heavy (non-hydrogen) atoms. The van der Waals surface area contributed by atoms with Crippen molar-refractivity contribution in [2.75, 3.05) is 5.88 Å². The molecule has 0 spiro atoms. The maximum Gasteiger partial charge on any atom is 0.312 e. The van der Waals surface area contributed by atoms with Gasteiger partial charge in [-0.2, -0.15) is 0 Å². The molecular formula is C10H11ClO2. The molecule has 1 aromatic carbocycles. The molecular weight excluding hydrogens is 188 g/mol. The first kappa shape index (κ1) is 10.1. The van der Waals surface area contributed by atoms with E-state index >= 15 is 0 Å². The first-order valence-corrected chi connectivity index (χ1v) is 4.60. The number of para-hydroxylation sites is 1. The van der Waals surface area contributed by atoms with E-state index in [0.29, 0.717) is 11.6 Å². The number of aryl methyl sites for hydroxylation is 1. The van der Waals surface area contributed by atoms with Gasteiger partial charge in [-0.05, 0) is 18.6 Å². The molecule has 0 aliphatic carbocycles. The van der Waals surface area contributed by atoms with Gasteiger partial charge in [0.25, 0.3) is 0 Å². The highest BCUT2D eigenvalue weighted by Gasteiger charge is 2.04. The minimum absolute atomic E-state index is 0.246. The molecule has 0 aromatic heterocycles. The van der Waals surface area contributed by atoms with Gasteiger partial charge in [0.05, 0.1) is 6.42 Å². The number of alkyl halides is 1. The Kier molecular flexibility index (Phi) is 3.77. The smallest absolute Gasteiger partial charge is 0.312 e. The van der Waals surface area contributed by atoms with E-state index in [2.05, 4.69) is 0 Å². The van der Waals surface area contributed by atoms with E-state index in [9.17, 15) is 4.79 Å². The van der Waals surface area contributed by atoms with Crippen molar-refractivity contribution < 1.29 is 9.53 Å². The summed E-state index contributed by atoms with van der Waals surface area (Å²) in [5.74, 6) is 0.618. The summed E-state index contributed by atoms with van der Waals surface area (Å²) in [4.78, 5) is 11.1. The van der Waals surface area contributed by atoms with Gasteiger partial charge in [0, 0.05) is 5.88 Å². The Morgan fingerprint density at radius 3 is 2.77 bits per heavy atom. The minimum atomic E-state index is -0.288. The van der Waals surface area contributed by atoms with Crippen molar-refractivity contribution in [3.05, 3.63) is 29.8 Å². The lowest BCUT2D eigenvalue weighted by molar-refractivity contribution is -0.133. The van der Waals surface area contributed by atoms with Crippen LogP contribution in [0.5, 0.6) is 5.75 Å². The lowest BCUT2D eigenvalue weighted by Crippen LogP contribution is -2.08. The Hall–Kier alpha value is -1.02. The van der Waals surface area contributed by atoms with Gasteiger partial charge in [-0.25, -0.2) is 0 Å². The highest BCUT2D eigenvalue weighted by atomic mass is 35.5. The fourth-order valence-electron chi connectivity index (χ4n) is 0.922. The van der Waals surface area contributed by atoms with Gasteiger partial charge in [-0.3, -0.25) is 4.79 Å². The van der Waals surface area contributed by atoms with E-state index in [1.54, 1.807) is 6.07 Å². The summed E-state index contributed by atoms with van der Waals surface area (Å²) in [5.41, 5.74) is 0.949. The predicted molar refractivity (Wildman–Crippen MR) is 52.2 cm³/mol. The summed E-state index contributed by atoms with van der Waals surface area (Å²) in [6, 6.07) is 7.38. The molecule has 0 atom stereocenters. The Balaban J connectivity index is 2.63. The highest BCUT2D eigenvalue weighted by molar-refractivity contribution is 6.18. The van der Waals surface area contributed by atoms with Crippen LogP contribution in [0, 0.1) is 6.92 Å². The summed E-state index contributed by atoms with van der Waals surface area (Å²) >= 11 is 5.40. The summed E-state index contributed by atoms with van der Waals surface area (Å²) in [7, 11) is 0. The third-order valence-corrected chi connectivity index (χ3v) is 1.80. The molecule has 0 radical (unpaired) electrons. The summed E-state index contributed by atoms with van der Waals surface area (Å²) in [6.07, 6.45) is 0.246. The maximum absolute atomic E-state index is 11.1. The van der Waals surface area contributed by atoms with Crippen LogP contribution in [0.25, 0.3) is 0 Å². The highest BCUT2D eigenvalue weighted by Crippen LogP contribution is 2.16. The molecule has 0 heterocycles. The Bertz CT molecular complexity index is 297. The zero-order valence-electron chi connectivity index (χ0n) is 7.42. The van der Waals surface area contributed by atoms with E-state index in [-0.39, 0.29) is 12.4 Å². The number of halogens is 1. The minimum Gasteiger partial charge on any atom is -0.426 e. The van der Waals surface area contributed by atoms with E-state index in [0.717, 1.165) is 5.56 Å². The Morgan fingerprint density at radius 1 is 1.46 bits per heavy atom. The molecule has 0 unspecified atom stereocenters. The number of hydrogen-bond donors (Lipinski definition) is 0. The molecule has 0 amide bonds. The number of rotatable bonds is 3. The van der Waals surface area contributed by atoms with Crippen LogP contribution in [0.2, 0.25) is 0 Å². The van der Waals surface area contributed by atoms with E-state index in [1.807, 2.05) is 25.1 Å². The van der Waals surface area contributed by atoms with E-state index in [1.165, 1.54) is 0 Å². The average molecular weight is 199 g/mol. The van der Waals surface area contributed by atoms with Crippen LogP contribution in [0.3, 0.4) is 0 Å². The molecule has 0 saturated carbocycles. The first-order valence-electron chi connectivity index (χ1n) is 4.06. The number of esters is 1. The van der Waals surface area contributed by atoms with Crippen molar-refractivity contribution in [3.8, 4) is 5.75 Å². The molecule has 1 rings (SSSR count). The third-order valence-electron chi connectivity index (χ3n) is 1.62. The van der Waals surface area contributed by atoms with Gasteiger partial charge < -0.3 is 4.74 Å². The van der Waals surface area contributed by atoms with Gasteiger partial charge in [0.1, 0.15) is 5.75 Å². The van der Waals surface area contributed by atoms with E-state index in [4.69, 9.17) is 16.3 Å². The monoisotopic (exact) mass is 198 g/mol. The topological polar surface area (TPSA) is 26.3 Å². The lowest BCUT2D eigenvalue weighted by atomic mass is 10.2. The van der Waals surface area contributed by atoms with Crippen molar-refractivity contribution in [2.45, 2.75) is 13.3 Å². The van der Waals surface area contributed by atoms with Crippen LogP contribution in [0.15, 0.2) is 24.3 Å². The molecule has 0 aliphatic heterocycles. The van der Waals surface area contributed by atoms with Crippen molar-refractivity contribution >= 4 is 17.6 Å². The second-order valence-electron chi connectivity index (χ2n) is 2.68. The zero-order valence-corrected chi connectivity index (χ0v) is 8.17. The predicted octanol–water partition coefficient (Wildman–Crippen LogP) is 2.53. The maximum atomic E-state index is 11.1. The SMILES string of the molecule is Cc1ccccc1OC(=O)CCCl. The van der Waals surface area contributed by atoms with Crippen LogP contribution in [-0.4, -0.2) is 11.8 Å². The normalized spacial score (nSPS) is 9.69. The molecule has 0 bridgehead atoms. The Labute approximate surface area is 82.5 Å². The molecule has 2 nitrogen and oxygen atoms in total. The van der Waals surface area contributed by atoms with Crippen molar-refractivity contribution in [2.24, 2.45) is 0 Å². The zero-order chi connectivity index (χ0) is 9.68. The van der Waals surface area contributed by atoms with Crippen LogP contribution < -0.4 is 4.74 Å². The fraction of sp³-hybridized carbons (Fsp3) is 0.300. The van der Waals surface area contributed by atoms with Gasteiger partial charge in [0.15, 0.2) is 0 Å². The quantitative estimate of drug-likeness (QED) is 0.424. The van der Waals surface area contributed by atoms with Gasteiger partial charge in [-0.1, -0.05) is 18.2 Å². The molecule has 0 saturated heterocycles. The second kappa shape index (κ2) is 4.87. The van der Waals surface area contributed by atoms with Crippen LogP contribution >= 0.6 is 11.6 Å². The molecule has 70 valence electrons. The number of carbonyl (C=O) groups excluding carboxylic acids is 1. The van der Waals surface area contributed by atoms with Gasteiger partial charge in [-0.15, -0.1) is 11.6 Å². The summed E-state index contributed by atoms with van der Waals surface area (Å²) in [6.45, 7) is 1.89. The molecule has 1 aromatic rings. The van der Waals surface area contributed by atoms with Crippen LogP contribution in [-0.2, 0) is 4.79 Å². The van der Waals surface area contributed by atoms with Crippen molar-refractivity contribution in [3.63, 3.8) is 0 Å². The number of hydrogen-bond acceptors (Lipinski definition) is 2. The number of carbonyl (C=O) groups is 1. The van der Waals surface area contributed by atoms with Gasteiger partial charge in [0.2, 0.25) is 0 Å². The van der Waals surface area contributed by atoms with Crippen LogP contribution in [0.1, 0.15) is 12.0 Å². The Morgan fingerprint density at radius 2 is 2.15 bits per heavy atom. The first-order chi connectivity index (χ1) is 6.24. The van der Waals surface area contributed by atoms with Crippen molar-refractivity contribution in [1.82, 2.24) is 0 Å². The average Bonchev–Trinajstić information content (AvgIpc) is 2.09. The third kappa shape index (κ3) is 3.07. The second-order valence-corrected chi connectivity index (χ2v) is 3.06. The van der Waals surface area contributed by atoms with Crippen LogP contribution in [0.4, 0.5) is 0 Å². The fourth-order valence-corrected chi connectivity index (χ4v) is 1.08. The number of ether oxygens (including phenoxy) is 1. The number of benzene rings is 1. The largest absolute Gasteiger partial charge is 0.426 e. The van der Waals surface area contributed by atoms with Gasteiger partial charge >= 0.3 is 5.97 Å². The molecule has 0 fully saturated rings. The summed E-state index contributed by atoms with van der Waals surface area (Å²) < 4.78 is 5.06. The standard InChI is InChI=1S/C10H11ClO2/c1-8-4-2-3-5-9(8)13-10(12)6-7-11/h2-5H,6-7H2,1H3. The molecule has 0 N–H and O–H groups in total. The molecule has 0 aliphatic rings. The van der Waals surface area contributed by atoms with Crippen molar-refractivity contribution in [1.29, 1.82) is 0 Å². The lowest BCUT2D eigenvalue weighted by Gasteiger charge is -2.05. The molecule has 3 heteroatoms. The van der Waals surface area contributed by atoms with E-state index < -0.39 is 0 Å². The summed E-state index contributed by atoms with van der Waals surface area (Å²) in [5, 5.41) is 0.